The SMILES string of the molecule is COc1cc(C(=O)N2C=C(OS(=O)(=O)C(F)(F)F)CC2CO[Si](C)(C)C(C)(C)C)c([N+](=O)[O-])cc1O[Si](C(C)C)(C(C)C)C(C)C. The van der Waals surface area contributed by atoms with E-state index in [1.54, 1.807) is 0 Å². The first-order valence-corrected chi connectivity index (χ1v) is 21.4. The molecule has 1 atom stereocenters. The maximum absolute atomic E-state index is 14.0. The van der Waals surface area contributed by atoms with Crippen molar-refractivity contribution in [2.75, 3.05) is 13.7 Å². The summed E-state index contributed by atoms with van der Waals surface area (Å²) in [7, 11) is -9.81. The Bertz CT molecular complexity index is 1420. The molecule has 17 heteroatoms. The van der Waals surface area contributed by atoms with E-state index in [2.05, 4.69) is 4.18 Å². The van der Waals surface area contributed by atoms with Gasteiger partial charge >= 0.3 is 15.6 Å². The maximum Gasteiger partial charge on any atom is 0.534 e. The molecule has 0 saturated carbocycles. The molecule has 1 aliphatic heterocycles. The number of ether oxygens (including phenoxy) is 1. The lowest BCUT2D eigenvalue weighted by Gasteiger charge is -2.42. The third kappa shape index (κ3) is 8.07. The highest BCUT2D eigenvalue weighted by atomic mass is 32.2. The van der Waals surface area contributed by atoms with E-state index in [-0.39, 0.29) is 39.8 Å². The van der Waals surface area contributed by atoms with Crippen molar-refractivity contribution in [1.82, 2.24) is 4.90 Å². The van der Waals surface area contributed by atoms with Gasteiger partial charge in [-0.3, -0.25) is 14.9 Å². The van der Waals surface area contributed by atoms with Crippen molar-refractivity contribution >= 4 is 38.3 Å². The molecule has 46 heavy (non-hydrogen) atoms. The molecule has 2 rings (SSSR count). The average molecular weight is 713 g/mol. The second kappa shape index (κ2) is 13.8. The van der Waals surface area contributed by atoms with Gasteiger partial charge in [-0.1, -0.05) is 62.3 Å². The summed E-state index contributed by atoms with van der Waals surface area (Å²) < 4.78 is 85.8. The van der Waals surface area contributed by atoms with Crippen LogP contribution in [0.5, 0.6) is 11.5 Å². The molecular weight excluding hydrogens is 666 g/mol. The highest BCUT2D eigenvalue weighted by Gasteiger charge is 2.51. The van der Waals surface area contributed by atoms with Crippen molar-refractivity contribution < 1.29 is 49.1 Å². The van der Waals surface area contributed by atoms with Crippen LogP contribution in [0.25, 0.3) is 0 Å². The van der Waals surface area contributed by atoms with Gasteiger partial charge in [0.2, 0.25) is 0 Å². The molecule has 1 unspecified atom stereocenters. The molecule has 0 N–H and O–H groups in total. The fraction of sp³-hybridized carbons (Fsp3) is 0.690. The van der Waals surface area contributed by atoms with Crippen LogP contribution >= 0.6 is 0 Å². The van der Waals surface area contributed by atoms with Gasteiger partial charge in [-0.05, 0) is 34.8 Å². The molecule has 1 aromatic carbocycles. The first kappa shape index (κ1) is 39.5. The Labute approximate surface area is 271 Å². The number of rotatable bonds is 13. The lowest BCUT2D eigenvalue weighted by Crippen LogP contribution is -2.50. The van der Waals surface area contributed by atoms with Crippen LogP contribution in [0.15, 0.2) is 24.1 Å². The van der Waals surface area contributed by atoms with Crippen molar-refractivity contribution in [2.24, 2.45) is 0 Å². The second-order valence-corrected chi connectivity index (χ2v) is 25.6. The molecule has 0 spiro atoms. The highest BCUT2D eigenvalue weighted by molar-refractivity contribution is 7.87. The zero-order valence-electron chi connectivity index (χ0n) is 28.6. The van der Waals surface area contributed by atoms with Crippen LogP contribution in [-0.4, -0.2) is 66.0 Å². The summed E-state index contributed by atoms with van der Waals surface area (Å²) in [4.78, 5) is 26.5. The molecular formula is C29H47F3N2O9SSi2. The normalized spacial score (nSPS) is 16.7. The van der Waals surface area contributed by atoms with Crippen LogP contribution in [0.1, 0.15) is 79.1 Å². The number of nitro benzene ring substituents is 1. The van der Waals surface area contributed by atoms with E-state index in [4.69, 9.17) is 13.6 Å². The molecule has 0 saturated heterocycles. The number of nitrogens with zero attached hydrogens (tertiary/aromatic N) is 2. The van der Waals surface area contributed by atoms with E-state index in [1.807, 2.05) is 75.4 Å². The summed E-state index contributed by atoms with van der Waals surface area (Å²) in [6, 6.07) is 1.28. The number of methoxy groups -OCH3 is 1. The summed E-state index contributed by atoms with van der Waals surface area (Å²) in [5.41, 5.74) is -6.43. The van der Waals surface area contributed by atoms with Crippen molar-refractivity contribution in [3.05, 3.63) is 39.8 Å². The monoisotopic (exact) mass is 712 g/mol. The molecule has 0 radical (unpaired) electrons. The van der Waals surface area contributed by atoms with Gasteiger partial charge in [-0.15, -0.1) is 0 Å². The van der Waals surface area contributed by atoms with E-state index in [9.17, 15) is 36.5 Å². The van der Waals surface area contributed by atoms with E-state index >= 15 is 0 Å². The molecule has 1 aromatic rings. The third-order valence-corrected chi connectivity index (χ3v) is 20.5. The van der Waals surface area contributed by atoms with Crippen LogP contribution < -0.4 is 9.16 Å². The number of carbonyl (C=O) groups is 1. The molecule has 1 heterocycles. The molecule has 1 aliphatic rings. The predicted molar refractivity (Wildman–Crippen MR) is 173 cm³/mol. The molecule has 0 bridgehead atoms. The molecule has 0 aromatic heterocycles. The minimum absolute atomic E-state index is 0.0566. The summed E-state index contributed by atoms with van der Waals surface area (Å²) >= 11 is 0. The van der Waals surface area contributed by atoms with E-state index < -0.39 is 72.6 Å². The van der Waals surface area contributed by atoms with Crippen molar-refractivity contribution in [1.29, 1.82) is 0 Å². The van der Waals surface area contributed by atoms with Crippen LogP contribution in [0.2, 0.25) is 34.8 Å². The third-order valence-electron chi connectivity index (χ3n) is 8.99. The van der Waals surface area contributed by atoms with E-state index in [0.717, 1.165) is 17.2 Å². The van der Waals surface area contributed by atoms with Gasteiger partial charge in [-0.2, -0.15) is 21.6 Å². The second-order valence-electron chi connectivity index (χ2n) is 13.9. The minimum atomic E-state index is -6.04. The number of amides is 1. The highest BCUT2D eigenvalue weighted by Crippen LogP contribution is 2.46. The quantitative estimate of drug-likeness (QED) is 0.0654. The minimum Gasteiger partial charge on any atom is -0.540 e. The average Bonchev–Trinajstić information content (AvgIpc) is 3.29. The van der Waals surface area contributed by atoms with Crippen LogP contribution in [0.4, 0.5) is 18.9 Å². The van der Waals surface area contributed by atoms with Crippen molar-refractivity contribution in [3.63, 3.8) is 0 Å². The largest absolute Gasteiger partial charge is 0.540 e. The van der Waals surface area contributed by atoms with Crippen molar-refractivity contribution in [3.8, 4) is 11.5 Å². The van der Waals surface area contributed by atoms with E-state index in [1.165, 1.54) is 13.2 Å². The molecule has 0 aliphatic carbocycles. The number of nitro groups is 1. The Morgan fingerprint density at radius 2 is 1.57 bits per heavy atom. The summed E-state index contributed by atoms with van der Waals surface area (Å²) in [6.07, 6.45) is 0.382. The van der Waals surface area contributed by atoms with Gasteiger partial charge in [-0.25, -0.2) is 0 Å². The van der Waals surface area contributed by atoms with Gasteiger partial charge < -0.3 is 22.7 Å². The number of hydrogen-bond acceptors (Lipinski definition) is 9. The zero-order chi connectivity index (χ0) is 35.8. The summed E-state index contributed by atoms with van der Waals surface area (Å²) in [5.74, 6) is -1.49. The van der Waals surface area contributed by atoms with Crippen LogP contribution in [-0.2, 0) is 18.7 Å². The number of halogens is 3. The predicted octanol–water partition coefficient (Wildman–Crippen LogP) is 8.10. The van der Waals surface area contributed by atoms with Gasteiger partial charge in [0.05, 0.1) is 30.7 Å². The Morgan fingerprint density at radius 1 is 1.04 bits per heavy atom. The Kier molecular flexibility index (Phi) is 11.9. The Balaban J connectivity index is 2.70. The fourth-order valence-corrected chi connectivity index (χ4v) is 12.3. The lowest BCUT2D eigenvalue weighted by atomic mass is 10.1. The number of hydrogen-bond donors (Lipinski definition) is 0. The summed E-state index contributed by atoms with van der Waals surface area (Å²) in [6.45, 7) is 21.8. The molecule has 11 nitrogen and oxygen atoms in total. The smallest absolute Gasteiger partial charge is 0.534 e. The Morgan fingerprint density at radius 3 is 1.98 bits per heavy atom. The van der Waals surface area contributed by atoms with Gasteiger partial charge in [0, 0.05) is 18.7 Å². The first-order valence-electron chi connectivity index (χ1n) is 15.0. The van der Waals surface area contributed by atoms with E-state index in [0.29, 0.717) is 0 Å². The fourth-order valence-electron chi connectivity index (χ4n) is 5.57. The van der Waals surface area contributed by atoms with Crippen LogP contribution in [0.3, 0.4) is 0 Å². The Hall–Kier alpha value is -2.64. The van der Waals surface area contributed by atoms with Crippen LogP contribution in [0, 0.1) is 10.1 Å². The lowest BCUT2D eigenvalue weighted by molar-refractivity contribution is -0.385. The number of carbonyl (C=O) groups excluding carboxylic acids is 1. The standard InChI is InChI=1S/C29H47F3N2O9SSi2/c1-18(2)46(19(3)4,20(5)6)43-26-15-24(34(36)37)23(14-25(26)40-10)27(35)33-16-22(42-44(38,39)29(30,31)32)13-21(33)17-41-45(11,12)28(7,8)9/h14-16,18-21H,13,17H2,1-12H3. The zero-order valence-corrected chi connectivity index (χ0v) is 31.4. The summed E-state index contributed by atoms with van der Waals surface area (Å²) in [5, 5.41) is 12.1. The van der Waals surface area contributed by atoms with Gasteiger partial charge in [0.25, 0.3) is 19.9 Å². The molecule has 1 amide bonds. The number of benzene rings is 1. The topological polar surface area (TPSA) is 135 Å². The van der Waals surface area contributed by atoms with Gasteiger partial charge in [0.15, 0.2) is 19.8 Å². The van der Waals surface area contributed by atoms with Crippen molar-refractivity contribution in [2.45, 2.75) is 115 Å². The molecule has 262 valence electrons. The maximum atomic E-state index is 14.0. The van der Waals surface area contributed by atoms with Gasteiger partial charge in [0.1, 0.15) is 11.3 Å². The number of alkyl halides is 3. The molecule has 0 fully saturated rings. The first-order chi connectivity index (χ1) is 20.7.